The standard InChI is InChI=1S/C11H21P/c1-2-11-9-5-3-4-6-10(12-11)8-7-9/h9-12H,2-8H2,1H3. The van der Waals surface area contributed by atoms with Gasteiger partial charge in [0.1, 0.15) is 0 Å². The molecule has 2 aliphatic heterocycles. The fourth-order valence-corrected chi connectivity index (χ4v) is 5.11. The lowest BCUT2D eigenvalue weighted by Gasteiger charge is -2.38. The molecule has 0 N–H and O–H groups in total. The summed E-state index contributed by atoms with van der Waals surface area (Å²) in [4.78, 5) is 0. The van der Waals surface area contributed by atoms with E-state index in [1.165, 1.54) is 27.8 Å². The van der Waals surface area contributed by atoms with Gasteiger partial charge < -0.3 is 0 Å². The van der Waals surface area contributed by atoms with Crippen molar-refractivity contribution in [3.05, 3.63) is 0 Å². The third kappa shape index (κ3) is 1.84. The Morgan fingerprint density at radius 3 is 2.75 bits per heavy atom. The van der Waals surface area contributed by atoms with Crippen molar-refractivity contribution in [3.8, 4) is 0 Å². The zero-order chi connectivity index (χ0) is 8.39. The fourth-order valence-electron chi connectivity index (χ4n) is 2.96. The van der Waals surface area contributed by atoms with Gasteiger partial charge in [0.15, 0.2) is 0 Å². The molecule has 70 valence electrons. The van der Waals surface area contributed by atoms with Gasteiger partial charge in [0, 0.05) is 0 Å². The lowest BCUT2D eigenvalue weighted by molar-refractivity contribution is 0.345. The van der Waals surface area contributed by atoms with Crippen LogP contribution in [-0.4, -0.2) is 11.3 Å². The topological polar surface area (TPSA) is 0 Å². The molecule has 2 bridgehead atoms. The molecule has 0 nitrogen and oxygen atoms in total. The first-order valence-corrected chi connectivity index (χ1v) is 6.81. The Balaban J connectivity index is 2.00. The van der Waals surface area contributed by atoms with E-state index in [4.69, 9.17) is 0 Å². The van der Waals surface area contributed by atoms with Crippen molar-refractivity contribution in [2.24, 2.45) is 5.92 Å². The maximum absolute atomic E-state index is 2.40. The molecule has 3 fully saturated rings. The van der Waals surface area contributed by atoms with Crippen molar-refractivity contribution < 1.29 is 0 Å². The highest BCUT2D eigenvalue weighted by atomic mass is 31.1. The molecule has 2 saturated heterocycles. The average Bonchev–Trinajstić information content (AvgIpc) is 2.05. The number of fused-ring (bicyclic) bond motifs is 5. The first kappa shape index (κ1) is 9.00. The number of hydrogen-bond acceptors (Lipinski definition) is 0. The van der Waals surface area contributed by atoms with Crippen LogP contribution in [0.15, 0.2) is 0 Å². The molecule has 3 rings (SSSR count). The fraction of sp³-hybridized carbons (Fsp3) is 1.00. The predicted molar refractivity (Wildman–Crippen MR) is 57.4 cm³/mol. The van der Waals surface area contributed by atoms with Gasteiger partial charge in [-0.25, -0.2) is 0 Å². The van der Waals surface area contributed by atoms with E-state index in [2.05, 4.69) is 6.92 Å². The number of rotatable bonds is 1. The molecule has 1 heteroatoms. The summed E-state index contributed by atoms with van der Waals surface area (Å²) in [5.41, 5.74) is 2.27. The van der Waals surface area contributed by atoms with Gasteiger partial charge >= 0.3 is 0 Å². The van der Waals surface area contributed by atoms with Gasteiger partial charge in [0.05, 0.1) is 0 Å². The molecule has 0 aromatic rings. The minimum Gasteiger partial charge on any atom is -0.115 e. The summed E-state index contributed by atoms with van der Waals surface area (Å²) in [5, 5.41) is 0. The van der Waals surface area contributed by atoms with Crippen LogP contribution in [0, 0.1) is 5.92 Å². The lowest BCUT2D eigenvalue weighted by Crippen LogP contribution is -2.27. The van der Waals surface area contributed by atoms with Crippen LogP contribution in [0.1, 0.15) is 51.9 Å². The van der Waals surface area contributed by atoms with E-state index in [1.807, 2.05) is 0 Å². The van der Waals surface area contributed by atoms with Crippen LogP contribution in [0.2, 0.25) is 0 Å². The molecule has 4 atom stereocenters. The number of hydrogen-bond donors (Lipinski definition) is 0. The smallest absolute Gasteiger partial charge is 0.0208 e. The minimum absolute atomic E-state index is 1.13. The molecular weight excluding hydrogens is 163 g/mol. The van der Waals surface area contributed by atoms with E-state index in [1.54, 1.807) is 25.7 Å². The van der Waals surface area contributed by atoms with Gasteiger partial charge in [0.25, 0.3) is 0 Å². The Morgan fingerprint density at radius 2 is 1.92 bits per heavy atom. The molecule has 1 aliphatic carbocycles. The van der Waals surface area contributed by atoms with E-state index >= 15 is 0 Å². The van der Waals surface area contributed by atoms with E-state index in [-0.39, 0.29) is 0 Å². The van der Waals surface area contributed by atoms with E-state index in [0.29, 0.717) is 0 Å². The van der Waals surface area contributed by atoms with Gasteiger partial charge in [-0.15, -0.1) is 8.58 Å². The van der Waals surface area contributed by atoms with E-state index in [9.17, 15) is 0 Å². The summed E-state index contributed by atoms with van der Waals surface area (Å²) in [6, 6.07) is 0. The summed E-state index contributed by atoms with van der Waals surface area (Å²) in [6.07, 6.45) is 10.8. The predicted octanol–water partition coefficient (Wildman–Crippen LogP) is 3.80. The minimum atomic E-state index is 1.13. The van der Waals surface area contributed by atoms with Crippen molar-refractivity contribution in [3.63, 3.8) is 0 Å². The van der Waals surface area contributed by atoms with Gasteiger partial charge in [-0.3, -0.25) is 0 Å². The van der Waals surface area contributed by atoms with Crippen molar-refractivity contribution in [1.29, 1.82) is 0 Å². The molecule has 0 aromatic carbocycles. The summed E-state index contributed by atoms with van der Waals surface area (Å²) < 4.78 is 0. The Hall–Kier alpha value is 0.430. The first-order chi connectivity index (χ1) is 5.90. The molecular formula is C11H21P. The van der Waals surface area contributed by atoms with Gasteiger partial charge in [-0.2, -0.15) is 0 Å². The second-order valence-corrected chi connectivity index (χ2v) is 6.39. The van der Waals surface area contributed by atoms with Crippen LogP contribution in [-0.2, 0) is 0 Å². The van der Waals surface area contributed by atoms with Crippen LogP contribution in [0.4, 0.5) is 0 Å². The lowest BCUT2D eigenvalue weighted by atomic mass is 9.87. The molecule has 1 saturated carbocycles. The second-order valence-electron chi connectivity index (χ2n) is 4.50. The van der Waals surface area contributed by atoms with Crippen molar-refractivity contribution in [2.75, 3.05) is 0 Å². The van der Waals surface area contributed by atoms with Gasteiger partial charge in [-0.1, -0.05) is 19.8 Å². The zero-order valence-corrected chi connectivity index (χ0v) is 9.18. The average molecular weight is 184 g/mol. The molecule has 0 aromatic heterocycles. The normalized spacial score (nSPS) is 44.2. The van der Waals surface area contributed by atoms with Crippen LogP contribution >= 0.6 is 8.58 Å². The highest BCUT2D eigenvalue weighted by molar-refractivity contribution is 7.39. The third-order valence-electron chi connectivity index (χ3n) is 3.72. The Labute approximate surface area is 78.3 Å². The summed E-state index contributed by atoms with van der Waals surface area (Å²) in [7, 11) is 1.32. The zero-order valence-electron chi connectivity index (χ0n) is 8.18. The Morgan fingerprint density at radius 1 is 1.08 bits per heavy atom. The SMILES string of the molecule is CCC1PC2CCCCC1CC2. The van der Waals surface area contributed by atoms with Gasteiger partial charge in [-0.05, 0) is 49.3 Å². The van der Waals surface area contributed by atoms with Crippen molar-refractivity contribution >= 4 is 8.58 Å². The Bertz CT molecular complexity index is 140. The monoisotopic (exact) mass is 184 g/mol. The quantitative estimate of drug-likeness (QED) is 0.544. The van der Waals surface area contributed by atoms with Crippen molar-refractivity contribution in [1.82, 2.24) is 0 Å². The van der Waals surface area contributed by atoms with Crippen molar-refractivity contribution in [2.45, 2.75) is 63.2 Å². The molecule has 3 aliphatic rings. The Kier molecular flexibility index (Phi) is 3.07. The summed E-state index contributed by atoms with van der Waals surface area (Å²) in [6.45, 7) is 2.40. The summed E-state index contributed by atoms with van der Waals surface area (Å²) >= 11 is 0. The molecule has 2 heterocycles. The summed E-state index contributed by atoms with van der Waals surface area (Å²) in [5.74, 6) is 1.13. The highest BCUT2D eigenvalue weighted by Gasteiger charge is 2.30. The van der Waals surface area contributed by atoms with Crippen LogP contribution in [0.3, 0.4) is 0 Å². The molecule has 0 amide bonds. The molecule has 4 unspecified atom stereocenters. The van der Waals surface area contributed by atoms with Crippen LogP contribution in [0.5, 0.6) is 0 Å². The molecule has 12 heavy (non-hydrogen) atoms. The van der Waals surface area contributed by atoms with Crippen LogP contribution in [0.25, 0.3) is 0 Å². The first-order valence-electron chi connectivity index (χ1n) is 5.66. The molecule has 0 spiro atoms. The maximum atomic E-state index is 2.40. The maximum Gasteiger partial charge on any atom is -0.0208 e. The van der Waals surface area contributed by atoms with E-state index < -0.39 is 0 Å². The van der Waals surface area contributed by atoms with E-state index in [0.717, 1.165) is 17.2 Å². The largest absolute Gasteiger partial charge is 0.115 e. The van der Waals surface area contributed by atoms with Crippen LogP contribution < -0.4 is 0 Å². The second kappa shape index (κ2) is 4.09. The van der Waals surface area contributed by atoms with Gasteiger partial charge in [0.2, 0.25) is 0 Å². The third-order valence-corrected chi connectivity index (χ3v) is 6.08. The molecule has 0 radical (unpaired) electrons. The highest BCUT2D eigenvalue weighted by Crippen LogP contribution is 2.47.